The molecule has 0 saturated heterocycles. The zero-order valence-electron chi connectivity index (χ0n) is 8.98. The average Bonchev–Trinajstić information content (AvgIpc) is 2.25. The van der Waals surface area contributed by atoms with Crippen LogP contribution in [0.1, 0.15) is 6.42 Å². The van der Waals surface area contributed by atoms with Crippen molar-refractivity contribution in [1.29, 1.82) is 5.41 Å². The van der Waals surface area contributed by atoms with Crippen LogP contribution in [-0.4, -0.2) is 47.0 Å². The first-order valence-electron chi connectivity index (χ1n) is 4.42. The van der Waals surface area contributed by atoms with E-state index in [9.17, 15) is 14.2 Å². The minimum atomic E-state index is -4.31. The van der Waals surface area contributed by atoms with Gasteiger partial charge < -0.3 is 24.8 Å². The van der Waals surface area contributed by atoms with Crippen molar-refractivity contribution < 1.29 is 37.6 Å². The van der Waals surface area contributed by atoms with Crippen molar-refractivity contribution in [2.45, 2.75) is 18.6 Å². The molecule has 17 heavy (non-hydrogen) atoms. The SMILES string of the molecule is COP(=O)(O)OC(CC=N)C(O)CO[PH](=O)O. The molecule has 102 valence electrons. The number of aliphatic hydroxyl groups is 1. The van der Waals surface area contributed by atoms with Crippen LogP contribution in [0.4, 0.5) is 0 Å². The van der Waals surface area contributed by atoms with E-state index in [1.807, 2.05) is 0 Å². The van der Waals surface area contributed by atoms with Crippen LogP contribution in [0.2, 0.25) is 0 Å². The van der Waals surface area contributed by atoms with E-state index in [4.69, 9.17) is 15.2 Å². The summed E-state index contributed by atoms with van der Waals surface area (Å²) in [6.07, 6.45) is -2.01. The summed E-state index contributed by atoms with van der Waals surface area (Å²) in [5.74, 6) is 0. The maximum absolute atomic E-state index is 11.1. The molecule has 0 heterocycles. The third kappa shape index (κ3) is 7.75. The highest BCUT2D eigenvalue weighted by atomic mass is 31.2. The maximum Gasteiger partial charge on any atom is 0.472 e. The zero-order chi connectivity index (χ0) is 13.5. The molecule has 0 aliphatic carbocycles. The Bertz CT molecular complexity index is 310. The van der Waals surface area contributed by atoms with Crippen molar-refractivity contribution >= 4 is 22.3 Å². The molecule has 0 aliphatic rings. The van der Waals surface area contributed by atoms with Gasteiger partial charge in [-0.15, -0.1) is 0 Å². The third-order valence-corrected chi connectivity index (χ3v) is 3.07. The summed E-state index contributed by atoms with van der Waals surface area (Å²) in [6, 6.07) is 0. The largest absolute Gasteiger partial charge is 0.472 e. The van der Waals surface area contributed by atoms with Crippen molar-refractivity contribution in [3.05, 3.63) is 0 Å². The normalized spacial score (nSPS) is 20.2. The van der Waals surface area contributed by atoms with E-state index < -0.39 is 34.9 Å². The lowest BCUT2D eigenvalue weighted by atomic mass is 10.2. The van der Waals surface area contributed by atoms with Gasteiger partial charge >= 0.3 is 16.1 Å². The lowest BCUT2D eigenvalue weighted by molar-refractivity contribution is -0.00646. The lowest BCUT2D eigenvalue weighted by Gasteiger charge is -2.22. The van der Waals surface area contributed by atoms with E-state index in [1.165, 1.54) is 0 Å². The van der Waals surface area contributed by atoms with E-state index in [-0.39, 0.29) is 6.42 Å². The van der Waals surface area contributed by atoms with E-state index in [1.54, 1.807) is 0 Å². The van der Waals surface area contributed by atoms with Crippen LogP contribution < -0.4 is 0 Å². The summed E-state index contributed by atoms with van der Waals surface area (Å²) < 4.78 is 34.3. The second-order valence-electron chi connectivity index (χ2n) is 2.88. The van der Waals surface area contributed by atoms with Gasteiger partial charge in [0.25, 0.3) is 0 Å². The summed E-state index contributed by atoms with van der Waals surface area (Å²) in [7, 11) is -6.58. The third-order valence-electron chi connectivity index (χ3n) is 1.66. The lowest BCUT2D eigenvalue weighted by Crippen LogP contribution is -2.32. The van der Waals surface area contributed by atoms with Crippen molar-refractivity contribution in [2.24, 2.45) is 0 Å². The molecule has 0 rings (SSSR count). The van der Waals surface area contributed by atoms with Gasteiger partial charge in [0.05, 0.1) is 6.61 Å². The molecule has 11 heteroatoms. The number of phosphoric acid groups is 1. The Labute approximate surface area is 98.4 Å². The second kappa shape index (κ2) is 8.07. The van der Waals surface area contributed by atoms with Gasteiger partial charge in [0.2, 0.25) is 0 Å². The van der Waals surface area contributed by atoms with Gasteiger partial charge in [-0.1, -0.05) is 0 Å². The Morgan fingerprint density at radius 3 is 2.59 bits per heavy atom. The smallest absolute Gasteiger partial charge is 0.388 e. The van der Waals surface area contributed by atoms with Crippen molar-refractivity contribution in [1.82, 2.24) is 0 Å². The van der Waals surface area contributed by atoms with Crippen LogP contribution in [0, 0.1) is 5.41 Å². The molecular weight excluding hydrogens is 276 g/mol. The second-order valence-corrected chi connectivity index (χ2v) is 5.21. The molecule has 0 aliphatic heterocycles. The van der Waals surface area contributed by atoms with Gasteiger partial charge in [0, 0.05) is 13.5 Å². The molecule has 0 fully saturated rings. The van der Waals surface area contributed by atoms with Gasteiger partial charge in [0.1, 0.15) is 12.2 Å². The Morgan fingerprint density at radius 1 is 1.59 bits per heavy atom. The first kappa shape index (κ1) is 16.9. The van der Waals surface area contributed by atoms with Crippen molar-refractivity contribution in [2.75, 3.05) is 13.7 Å². The number of aliphatic hydroxyl groups excluding tert-OH is 1. The number of hydrogen-bond donors (Lipinski definition) is 4. The highest BCUT2D eigenvalue weighted by Crippen LogP contribution is 2.44. The summed E-state index contributed by atoms with van der Waals surface area (Å²) >= 11 is 0. The van der Waals surface area contributed by atoms with Crippen LogP contribution >= 0.6 is 16.1 Å². The van der Waals surface area contributed by atoms with E-state index in [2.05, 4.69) is 13.6 Å². The number of phosphoric ester groups is 1. The molecule has 0 spiro atoms. The molecule has 4 atom stereocenters. The number of rotatable bonds is 9. The fourth-order valence-electron chi connectivity index (χ4n) is 0.865. The molecule has 0 saturated carbocycles. The van der Waals surface area contributed by atoms with Gasteiger partial charge in [-0.25, -0.2) is 4.57 Å². The van der Waals surface area contributed by atoms with Gasteiger partial charge in [-0.2, -0.15) is 0 Å². The highest BCUT2D eigenvalue weighted by molar-refractivity contribution is 7.47. The summed E-state index contributed by atoms with van der Waals surface area (Å²) in [5, 5.41) is 16.3. The first-order valence-corrected chi connectivity index (χ1v) is 7.18. The fourth-order valence-corrected chi connectivity index (χ4v) is 1.83. The number of nitrogens with one attached hydrogen (secondary N) is 1. The van der Waals surface area contributed by atoms with Crippen molar-refractivity contribution in [3.8, 4) is 0 Å². The Morgan fingerprint density at radius 2 is 2.18 bits per heavy atom. The van der Waals surface area contributed by atoms with Crippen LogP contribution in [0.25, 0.3) is 0 Å². The quantitative estimate of drug-likeness (QED) is 0.340. The Balaban J connectivity index is 4.44. The molecule has 0 aromatic rings. The average molecular weight is 291 g/mol. The summed E-state index contributed by atoms with van der Waals surface area (Å²) in [4.78, 5) is 17.4. The van der Waals surface area contributed by atoms with Crippen LogP contribution in [-0.2, 0) is 22.7 Å². The topological polar surface area (TPSA) is 146 Å². The molecule has 0 aromatic carbocycles. The van der Waals surface area contributed by atoms with E-state index in [0.717, 1.165) is 13.3 Å². The monoisotopic (exact) mass is 291 g/mol. The molecule has 0 amide bonds. The minimum Gasteiger partial charge on any atom is -0.388 e. The van der Waals surface area contributed by atoms with Gasteiger partial charge in [-0.05, 0) is 6.21 Å². The van der Waals surface area contributed by atoms with Crippen molar-refractivity contribution in [3.63, 3.8) is 0 Å². The minimum absolute atomic E-state index is 0.176. The molecular formula is C6H15NO8P2. The standard InChI is InChI=1S/C6H15NO8P2/c1-13-17(11,12)15-6(2-3-7)5(8)4-14-16(9)10/h3,5-8,16H,2,4H2,1H3,(H,9,10)(H,11,12). The molecule has 0 bridgehead atoms. The molecule has 0 radical (unpaired) electrons. The summed E-state index contributed by atoms with van der Waals surface area (Å²) in [6.45, 7) is -0.559. The highest BCUT2D eigenvalue weighted by Gasteiger charge is 2.29. The predicted molar refractivity (Wildman–Crippen MR) is 58.3 cm³/mol. The fraction of sp³-hybridized carbons (Fsp3) is 0.833. The van der Waals surface area contributed by atoms with E-state index >= 15 is 0 Å². The zero-order valence-corrected chi connectivity index (χ0v) is 10.9. The summed E-state index contributed by atoms with van der Waals surface area (Å²) in [5.41, 5.74) is 0. The first-order chi connectivity index (χ1) is 7.82. The van der Waals surface area contributed by atoms with Gasteiger partial charge in [-0.3, -0.25) is 13.6 Å². The molecule has 4 unspecified atom stereocenters. The van der Waals surface area contributed by atoms with Crippen LogP contribution in [0.3, 0.4) is 0 Å². The van der Waals surface area contributed by atoms with Crippen LogP contribution in [0.5, 0.6) is 0 Å². The van der Waals surface area contributed by atoms with Gasteiger partial charge in [0.15, 0.2) is 0 Å². The predicted octanol–water partition coefficient (Wildman–Crippen LogP) is -0.0824. The Hall–Kier alpha value is -0.110. The van der Waals surface area contributed by atoms with E-state index in [0.29, 0.717) is 0 Å². The number of hydrogen-bond acceptors (Lipinski definition) is 7. The molecule has 0 aromatic heterocycles. The Kier molecular flexibility index (Phi) is 8.02. The van der Waals surface area contributed by atoms with Crippen LogP contribution in [0.15, 0.2) is 0 Å². The molecule has 4 N–H and O–H groups in total. The maximum atomic E-state index is 11.1. The molecule has 9 nitrogen and oxygen atoms in total.